The largest absolute Gasteiger partial charge is 0.508 e. The van der Waals surface area contributed by atoms with Gasteiger partial charge in [-0.25, -0.2) is 8.42 Å². The maximum atomic E-state index is 12.7. The van der Waals surface area contributed by atoms with Gasteiger partial charge in [-0.2, -0.15) is 0 Å². The van der Waals surface area contributed by atoms with Crippen LogP contribution in [0.15, 0.2) is 47.4 Å². The first-order chi connectivity index (χ1) is 9.86. The molecule has 0 aliphatic rings. The second-order valence-electron chi connectivity index (χ2n) is 4.80. The van der Waals surface area contributed by atoms with Crippen molar-refractivity contribution in [2.45, 2.75) is 18.4 Å². The molecule has 0 bridgehead atoms. The van der Waals surface area contributed by atoms with E-state index in [4.69, 9.17) is 5.73 Å². The Labute approximate surface area is 124 Å². The topological polar surface area (TPSA) is 83.6 Å². The molecule has 112 valence electrons. The number of nitrogens with two attached hydrogens (primary N) is 1. The summed E-state index contributed by atoms with van der Waals surface area (Å²) < 4.78 is 26.5. The number of hydrogen-bond acceptors (Lipinski definition) is 4. The zero-order valence-corrected chi connectivity index (χ0v) is 12.8. The molecule has 5 nitrogen and oxygen atoms in total. The Bertz CT molecular complexity index is 757. The number of anilines is 1. The monoisotopic (exact) mass is 306 g/mol. The van der Waals surface area contributed by atoms with Crippen molar-refractivity contribution >= 4 is 15.7 Å². The van der Waals surface area contributed by atoms with Gasteiger partial charge < -0.3 is 10.8 Å². The Morgan fingerprint density at radius 2 is 1.90 bits per heavy atom. The molecule has 0 fully saturated rings. The number of phenolic OH excluding ortho intramolecular Hbond substituents is 1. The number of phenols is 1. The normalized spacial score (nSPS) is 11.4. The van der Waals surface area contributed by atoms with Gasteiger partial charge in [-0.05, 0) is 36.2 Å². The molecule has 0 aromatic heterocycles. The second-order valence-corrected chi connectivity index (χ2v) is 6.73. The second kappa shape index (κ2) is 5.75. The van der Waals surface area contributed by atoms with Crippen molar-refractivity contribution in [2.24, 2.45) is 5.73 Å². The van der Waals surface area contributed by atoms with Crippen LogP contribution >= 0.6 is 0 Å². The van der Waals surface area contributed by atoms with Crippen molar-refractivity contribution in [1.29, 1.82) is 0 Å². The Morgan fingerprint density at radius 3 is 2.48 bits per heavy atom. The van der Waals surface area contributed by atoms with Gasteiger partial charge in [0.15, 0.2) is 0 Å². The van der Waals surface area contributed by atoms with Gasteiger partial charge in [-0.1, -0.05) is 18.2 Å². The molecule has 2 aromatic rings. The van der Waals surface area contributed by atoms with E-state index in [1.165, 1.54) is 19.2 Å². The molecule has 0 aliphatic heterocycles. The summed E-state index contributed by atoms with van der Waals surface area (Å²) in [5.41, 5.74) is 7.48. The van der Waals surface area contributed by atoms with Gasteiger partial charge in [0, 0.05) is 19.7 Å². The number of nitrogens with zero attached hydrogens (tertiary/aromatic N) is 1. The molecule has 0 heterocycles. The fourth-order valence-electron chi connectivity index (χ4n) is 2.10. The van der Waals surface area contributed by atoms with E-state index >= 15 is 0 Å². The third-order valence-electron chi connectivity index (χ3n) is 3.31. The van der Waals surface area contributed by atoms with Gasteiger partial charge in [0.25, 0.3) is 10.0 Å². The Hall–Kier alpha value is -2.05. The van der Waals surface area contributed by atoms with E-state index in [-0.39, 0.29) is 10.6 Å². The maximum Gasteiger partial charge on any atom is 0.264 e. The van der Waals surface area contributed by atoms with Crippen LogP contribution in [0.1, 0.15) is 11.1 Å². The fourth-order valence-corrected chi connectivity index (χ4v) is 3.50. The van der Waals surface area contributed by atoms with E-state index in [0.29, 0.717) is 17.8 Å². The summed E-state index contributed by atoms with van der Waals surface area (Å²) in [7, 11) is -2.22. The lowest BCUT2D eigenvalue weighted by Crippen LogP contribution is -2.27. The summed E-state index contributed by atoms with van der Waals surface area (Å²) >= 11 is 0. The zero-order valence-electron chi connectivity index (χ0n) is 11.9. The first-order valence-electron chi connectivity index (χ1n) is 6.44. The first-order valence-corrected chi connectivity index (χ1v) is 7.88. The standard InChI is InChI=1S/C15H18N2O3S/c1-11-8-12(10-16)6-7-15(11)21(19,20)17(2)13-4-3-5-14(18)9-13/h3-9,18H,10,16H2,1-2H3. The predicted octanol–water partition coefficient (Wildman–Crippen LogP) is 1.98. The molecule has 2 rings (SSSR count). The minimum absolute atomic E-state index is 0.0183. The van der Waals surface area contributed by atoms with Crippen LogP contribution in [0.3, 0.4) is 0 Å². The van der Waals surface area contributed by atoms with Crippen LogP contribution in [0.25, 0.3) is 0 Å². The number of rotatable bonds is 4. The first kappa shape index (κ1) is 15.3. The molecule has 2 aromatic carbocycles. The zero-order chi connectivity index (χ0) is 15.6. The van der Waals surface area contributed by atoms with E-state index in [0.717, 1.165) is 9.87 Å². The van der Waals surface area contributed by atoms with Crippen molar-refractivity contribution in [3.05, 3.63) is 53.6 Å². The van der Waals surface area contributed by atoms with Crippen LogP contribution < -0.4 is 10.0 Å². The van der Waals surface area contributed by atoms with E-state index in [1.54, 1.807) is 37.3 Å². The van der Waals surface area contributed by atoms with Crippen molar-refractivity contribution < 1.29 is 13.5 Å². The van der Waals surface area contributed by atoms with E-state index in [2.05, 4.69) is 0 Å². The number of benzene rings is 2. The van der Waals surface area contributed by atoms with E-state index in [9.17, 15) is 13.5 Å². The predicted molar refractivity (Wildman–Crippen MR) is 82.8 cm³/mol. The average molecular weight is 306 g/mol. The lowest BCUT2D eigenvalue weighted by Gasteiger charge is -2.21. The third kappa shape index (κ3) is 3.01. The van der Waals surface area contributed by atoms with Gasteiger partial charge in [-0.15, -0.1) is 0 Å². The van der Waals surface area contributed by atoms with Crippen LogP contribution in [0.2, 0.25) is 0 Å². The molecule has 0 saturated carbocycles. The molecule has 0 unspecified atom stereocenters. The summed E-state index contributed by atoms with van der Waals surface area (Å²) in [6.07, 6.45) is 0. The van der Waals surface area contributed by atoms with Crippen molar-refractivity contribution in [3.8, 4) is 5.75 Å². The molecule has 0 aliphatic carbocycles. The van der Waals surface area contributed by atoms with Gasteiger partial charge in [-0.3, -0.25) is 4.31 Å². The highest BCUT2D eigenvalue weighted by Crippen LogP contribution is 2.26. The number of sulfonamides is 1. The van der Waals surface area contributed by atoms with Crippen LogP contribution in [-0.2, 0) is 16.6 Å². The molecule has 0 amide bonds. The van der Waals surface area contributed by atoms with Crippen LogP contribution in [0.5, 0.6) is 5.75 Å². The van der Waals surface area contributed by atoms with Crippen LogP contribution in [0.4, 0.5) is 5.69 Å². The lowest BCUT2D eigenvalue weighted by atomic mass is 10.1. The quantitative estimate of drug-likeness (QED) is 0.904. The summed E-state index contributed by atoms with van der Waals surface area (Å²) in [6.45, 7) is 2.10. The summed E-state index contributed by atoms with van der Waals surface area (Å²) in [5.74, 6) is 0.0183. The highest BCUT2D eigenvalue weighted by atomic mass is 32.2. The van der Waals surface area contributed by atoms with Gasteiger partial charge in [0.05, 0.1) is 10.6 Å². The highest BCUT2D eigenvalue weighted by molar-refractivity contribution is 7.92. The smallest absolute Gasteiger partial charge is 0.264 e. The van der Waals surface area contributed by atoms with Gasteiger partial charge in [0.1, 0.15) is 5.75 Å². The lowest BCUT2D eigenvalue weighted by molar-refractivity contribution is 0.475. The van der Waals surface area contributed by atoms with Gasteiger partial charge in [0.2, 0.25) is 0 Å². The van der Waals surface area contributed by atoms with Crippen molar-refractivity contribution in [1.82, 2.24) is 0 Å². The number of aryl methyl sites for hydroxylation is 1. The van der Waals surface area contributed by atoms with Gasteiger partial charge >= 0.3 is 0 Å². The third-order valence-corrected chi connectivity index (χ3v) is 5.25. The molecular formula is C15H18N2O3S. The number of aromatic hydroxyl groups is 1. The molecular weight excluding hydrogens is 288 g/mol. The average Bonchev–Trinajstić information content (AvgIpc) is 2.45. The SMILES string of the molecule is Cc1cc(CN)ccc1S(=O)(=O)N(C)c1cccc(O)c1. The molecule has 0 radical (unpaired) electrons. The summed E-state index contributed by atoms with van der Waals surface area (Å²) in [4.78, 5) is 0.227. The van der Waals surface area contributed by atoms with Crippen LogP contribution in [-0.4, -0.2) is 20.6 Å². The Balaban J connectivity index is 2.47. The number of hydrogen-bond donors (Lipinski definition) is 2. The molecule has 0 spiro atoms. The Morgan fingerprint density at radius 1 is 1.19 bits per heavy atom. The summed E-state index contributed by atoms with van der Waals surface area (Å²) in [5, 5.41) is 9.49. The minimum atomic E-state index is -3.68. The maximum absolute atomic E-state index is 12.7. The molecule has 0 saturated heterocycles. The fraction of sp³-hybridized carbons (Fsp3) is 0.200. The minimum Gasteiger partial charge on any atom is -0.508 e. The molecule has 21 heavy (non-hydrogen) atoms. The van der Waals surface area contributed by atoms with Crippen molar-refractivity contribution in [3.63, 3.8) is 0 Å². The summed E-state index contributed by atoms with van der Waals surface area (Å²) in [6, 6.07) is 11.2. The molecule has 6 heteroatoms. The molecule has 0 atom stereocenters. The highest BCUT2D eigenvalue weighted by Gasteiger charge is 2.23. The molecule has 3 N–H and O–H groups in total. The van der Waals surface area contributed by atoms with Crippen LogP contribution in [0, 0.1) is 6.92 Å². The van der Waals surface area contributed by atoms with E-state index < -0.39 is 10.0 Å². The van der Waals surface area contributed by atoms with Crippen molar-refractivity contribution in [2.75, 3.05) is 11.4 Å². The van der Waals surface area contributed by atoms with E-state index in [1.807, 2.05) is 0 Å². The Kier molecular flexibility index (Phi) is 4.20.